The molecule has 0 fully saturated rings. The summed E-state index contributed by atoms with van der Waals surface area (Å²) in [6, 6.07) is 7.73. The molecule has 0 aliphatic rings. The molecule has 0 radical (unpaired) electrons. The highest BCUT2D eigenvalue weighted by Crippen LogP contribution is 2.15. The van der Waals surface area contributed by atoms with Crippen molar-refractivity contribution in [2.24, 2.45) is 0 Å². The van der Waals surface area contributed by atoms with Gasteiger partial charge in [0.05, 0.1) is 12.2 Å². The summed E-state index contributed by atoms with van der Waals surface area (Å²) >= 11 is 0. The second-order valence-electron chi connectivity index (χ2n) is 4.83. The minimum absolute atomic E-state index is 0.366. The van der Waals surface area contributed by atoms with E-state index < -0.39 is 0 Å². The topological polar surface area (TPSA) is 77.2 Å². The van der Waals surface area contributed by atoms with Crippen LogP contribution in [-0.4, -0.2) is 28.6 Å². The van der Waals surface area contributed by atoms with Gasteiger partial charge >= 0.3 is 0 Å². The zero-order chi connectivity index (χ0) is 15.2. The summed E-state index contributed by atoms with van der Waals surface area (Å²) in [5.41, 5.74) is 7.82. The van der Waals surface area contributed by atoms with Gasteiger partial charge in [0.25, 0.3) is 0 Å². The van der Waals surface area contributed by atoms with Crippen LogP contribution < -0.4 is 10.6 Å². The monoisotopic (exact) mass is 287 g/mol. The number of aromatic nitrogens is 3. The molecular formula is C15H21N5O. The first-order chi connectivity index (χ1) is 10.1. The SMILES string of the molecule is CCOCc1nc(N)cc(N(C)Cc2cccc(C)n2)n1. The summed E-state index contributed by atoms with van der Waals surface area (Å²) in [6.45, 7) is 5.56. The normalized spacial score (nSPS) is 10.6. The number of nitrogens with zero attached hydrogens (tertiary/aromatic N) is 4. The van der Waals surface area contributed by atoms with Crippen molar-refractivity contribution in [3.05, 3.63) is 41.5 Å². The molecule has 0 saturated heterocycles. The van der Waals surface area contributed by atoms with E-state index in [1.54, 1.807) is 6.07 Å². The molecular weight excluding hydrogens is 266 g/mol. The quantitative estimate of drug-likeness (QED) is 0.875. The Morgan fingerprint density at radius 1 is 1.24 bits per heavy atom. The maximum atomic E-state index is 5.84. The Kier molecular flexibility index (Phi) is 5.05. The average molecular weight is 287 g/mol. The second kappa shape index (κ2) is 6.99. The molecule has 0 unspecified atom stereocenters. The van der Waals surface area contributed by atoms with Gasteiger partial charge in [-0.25, -0.2) is 9.97 Å². The molecule has 0 atom stereocenters. The Balaban J connectivity index is 2.14. The molecule has 2 rings (SSSR count). The predicted molar refractivity (Wildman–Crippen MR) is 82.9 cm³/mol. The number of anilines is 2. The maximum Gasteiger partial charge on any atom is 0.158 e. The van der Waals surface area contributed by atoms with E-state index in [1.807, 2.05) is 44.0 Å². The van der Waals surface area contributed by atoms with Gasteiger partial charge in [-0.3, -0.25) is 4.98 Å². The van der Waals surface area contributed by atoms with Crippen LogP contribution in [-0.2, 0) is 17.9 Å². The fraction of sp³-hybridized carbons (Fsp3) is 0.400. The molecule has 0 aromatic carbocycles. The van der Waals surface area contributed by atoms with Crippen molar-refractivity contribution in [3.63, 3.8) is 0 Å². The van der Waals surface area contributed by atoms with Crippen molar-refractivity contribution < 1.29 is 4.74 Å². The molecule has 2 N–H and O–H groups in total. The lowest BCUT2D eigenvalue weighted by Gasteiger charge is -2.19. The van der Waals surface area contributed by atoms with Crippen LogP contribution in [0.3, 0.4) is 0 Å². The van der Waals surface area contributed by atoms with E-state index in [-0.39, 0.29) is 0 Å². The number of rotatable bonds is 6. The number of hydrogen-bond donors (Lipinski definition) is 1. The summed E-state index contributed by atoms with van der Waals surface area (Å²) in [4.78, 5) is 15.1. The van der Waals surface area contributed by atoms with Gasteiger partial charge < -0.3 is 15.4 Å². The van der Waals surface area contributed by atoms with Gasteiger partial charge in [0, 0.05) is 25.4 Å². The van der Waals surface area contributed by atoms with Crippen molar-refractivity contribution >= 4 is 11.6 Å². The molecule has 0 amide bonds. The summed E-state index contributed by atoms with van der Waals surface area (Å²) in [6.07, 6.45) is 0. The van der Waals surface area contributed by atoms with E-state index in [2.05, 4.69) is 15.0 Å². The summed E-state index contributed by atoms with van der Waals surface area (Å²) < 4.78 is 5.33. The minimum Gasteiger partial charge on any atom is -0.384 e. The molecule has 0 aliphatic heterocycles. The standard InChI is InChI=1S/C15H21N5O/c1-4-21-10-14-18-13(16)8-15(19-14)20(3)9-12-7-5-6-11(2)17-12/h5-8H,4,9-10H2,1-3H3,(H2,16,18,19). The fourth-order valence-corrected chi connectivity index (χ4v) is 1.97. The van der Waals surface area contributed by atoms with Crippen molar-refractivity contribution in [1.82, 2.24) is 15.0 Å². The lowest BCUT2D eigenvalue weighted by molar-refractivity contribution is 0.128. The molecule has 2 aromatic rings. The van der Waals surface area contributed by atoms with E-state index in [0.29, 0.717) is 31.4 Å². The molecule has 6 nitrogen and oxygen atoms in total. The smallest absolute Gasteiger partial charge is 0.158 e. The third-order valence-electron chi connectivity index (χ3n) is 2.95. The van der Waals surface area contributed by atoms with Crippen molar-refractivity contribution in [2.75, 3.05) is 24.3 Å². The largest absolute Gasteiger partial charge is 0.384 e. The van der Waals surface area contributed by atoms with Crippen molar-refractivity contribution in [3.8, 4) is 0 Å². The Morgan fingerprint density at radius 2 is 2.05 bits per heavy atom. The fourth-order valence-electron chi connectivity index (χ4n) is 1.97. The Bertz CT molecular complexity index is 602. The summed E-state index contributed by atoms with van der Waals surface area (Å²) in [7, 11) is 1.95. The molecule has 2 aromatic heterocycles. The van der Waals surface area contributed by atoms with Gasteiger partial charge in [-0.2, -0.15) is 0 Å². The third kappa shape index (κ3) is 4.39. The minimum atomic E-state index is 0.366. The number of hydrogen-bond acceptors (Lipinski definition) is 6. The van der Waals surface area contributed by atoms with Gasteiger partial charge in [0.1, 0.15) is 18.2 Å². The molecule has 2 heterocycles. The highest BCUT2D eigenvalue weighted by atomic mass is 16.5. The Labute approximate surface area is 125 Å². The van der Waals surface area contributed by atoms with Crippen LogP contribution in [0.2, 0.25) is 0 Å². The molecule has 21 heavy (non-hydrogen) atoms. The first-order valence-electron chi connectivity index (χ1n) is 6.93. The number of nitrogen functional groups attached to an aromatic ring is 1. The van der Waals surface area contributed by atoms with Crippen LogP contribution in [0.25, 0.3) is 0 Å². The number of pyridine rings is 1. The molecule has 0 bridgehead atoms. The summed E-state index contributed by atoms with van der Waals surface area (Å²) in [5, 5.41) is 0. The molecule has 0 aliphatic carbocycles. The highest BCUT2D eigenvalue weighted by molar-refractivity contribution is 5.46. The van der Waals surface area contributed by atoms with Gasteiger partial charge in [0.2, 0.25) is 0 Å². The van der Waals surface area contributed by atoms with Gasteiger partial charge in [-0.15, -0.1) is 0 Å². The third-order valence-corrected chi connectivity index (χ3v) is 2.95. The van der Waals surface area contributed by atoms with E-state index in [0.717, 1.165) is 17.2 Å². The van der Waals surface area contributed by atoms with Gasteiger partial charge in [-0.05, 0) is 26.0 Å². The lowest BCUT2D eigenvalue weighted by Crippen LogP contribution is -2.20. The molecule has 6 heteroatoms. The van der Waals surface area contributed by atoms with Gasteiger partial charge in [-0.1, -0.05) is 6.07 Å². The van der Waals surface area contributed by atoms with Gasteiger partial charge in [0.15, 0.2) is 5.82 Å². The summed E-state index contributed by atoms with van der Waals surface area (Å²) in [5.74, 6) is 1.80. The molecule has 0 saturated carbocycles. The average Bonchev–Trinajstić information content (AvgIpc) is 2.44. The van der Waals surface area contributed by atoms with E-state index in [9.17, 15) is 0 Å². The first-order valence-corrected chi connectivity index (χ1v) is 6.93. The van der Waals surface area contributed by atoms with Crippen molar-refractivity contribution in [2.45, 2.75) is 27.0 Å². The van der Waals surface area contributed by atoms with Crippen LogP contribution in [0.15, 0.2) is 24.3 Å². The number of aryl methyl sites for hydroxylation is 1. The highest BCUT2D eigenvalue weighted by Gasteiger charge is 2.09. The van der Waals surface area contributed by atoms with Crippen molar-refractivity contribution in [1.29, 1.82) is 0 Å². The Hall–Kier alpha value is -2.21. The number of nitrogens with two attached hydrogens (primary N) is 1. The van der Waals surface area contributed by atoms with Crippen LogP contribution in [0, 0.1) is 6.92 Å². The molecule has 112 valence electrons. The van der Waals surface area contributed by atoms with Crippen LogP contribution in [0.5, 0.6) is 0 Å². The van der Waals surface area contributed by atoms with Crippen LogP contribution >= 0.6 is 0 Å². The maximum absolute atomic E-state index is 5.84. The first kappa shape index (κ1) is 15.2. The van der Waals surface area contributed by atoms with E-state index >= 15 is 0 Å². The van der Waals surface area contributed by atoms with E-state index in [1.165, 1.54) is 0 Å². The lowest BCUT2D eigenvalue weighted by atomic mass is 10.3. The molecule has 0 spiro atoms. The van der Waals surface area contributed by atoms with E-state index in [4.69, 9.17) is 10.5 Å². The zero-order valence-corrected chi connectivity index (χ0v) is 12.7. The van der Waals surface area contributed by atoms with Crippen LogP contribution in [0.4, 0.5) is 11.6 Å². The second-order valence-corrected chi connectivity index (χ2v) is 4.83. The zero-order valence-electron chi connectivity index (χ0n) is 12.7. The van der Waals surface area contributed by atoms with Crippen LogP contribution in [0.1, 0.15) is 24.1 Å². The Morgan fingerprint density at radius 3 is 2.76 bits per heavy atom. The predicted octanol–water partition coefficient (Wildman–Crippen LogP) is 1.94. The number of ether oxygens (including phenoxy) is 1.